The Balaban J connectivity index is 1.39. The van der Waals surface area contributed by atoms with E-state index in [1.807, 2.05) is 30.3 Å². The molecule has 4 rings (SSSR count). The number of rotatable bonds is 7. The van der Waals surface area contributed by atoms with Crippen molar-refractivity contribution >= 4 is 23.2 Å². The molecule has 1 heterocycles. The molecule has 6 nitrogen and oxygen atoms in total. The summed E-state index contributed by atoms with van der Waals surface area (Å²) in [6.07, 6.45) is 0.125. The Bertz CT molecular complexity index is 1070. The molecule has 2 amide bonds. The molecule has 1 N–H and O–H groups in total. The summed E-state index contributed by atoms with van der Waals surface area (Å²) < 4.78 is 24.3. The maximum Gasteiger partial charge on any atom is 0.265 e. The summed E-state index contributed by atoms with van der Waals surface area (Å²) in [5, 5.41) is 2.81. The minimum atomic E-state index is -0.343. The van der Waals surface area contributed by atoms with Crippen molar-refractivity contribution in [3.63, 3.8) is 0 Å². The van der Waals surface area contributed by atoms with Gasteiger partial charge in [0.2, 0.25) is 5.91 Å². The first-order valence-electron chi connectivity index (χ1n) is 9.88. The lowest BCUT2D eigenvalue weighted by molar-refractivity contribution is -0.121. The standard InChI is InChI=1S/C24H21FN2O4/c25-18-8-6-17(7-9-18)14-23(28)26-19-10-11-21-22(15-19)31-16-24(29)27(21)12-13-30-20-4-2-1-3-5-20/h1-11,15H,12-14,16H2,(H,26,28). The van der Waals surface area contributed by atoms with Crippen LogP contribution in [0, 0.1) is 5.82 Å². The molecule has 0 fully saturated rings. The van der Waals surface area contributed by atoms with E-state index in [0.717, 1.165) is 5.75 Å². The molecule has 0 bridgehead atoms. The van der Waals surface area contributed by atoms with Gasteiger partial charge in [0.1, 0.15) is 23.9 Å². The Morgan fingerprint density at radius 3 is 2.61 bits per heavy atom. The van der Waals surface area contributed by atoms with Crippen molar-refractivity contribution in [1.82, 2.24) is 0 Å². The van der Waals surface area contributed by atoms with Gasteiger partial charge < -0.3 is 19.7 Å². The Hall–Kier alpha value is -3.87. The van der Waals surface area contributed by atoms with E-state index in [1.165, 1.54) is 12.1 Å². The molecule has 0 saturated carbocycles. The summed E-state index contributed by atoms with van der Waals surface area (Å²) in [6.45, 7) is 0.636. The van der Waals surface area contributed by atoms with Gasteiger partial charge in [0.15, 0.2) is 6.61 Å². The molecule has 0 unspecified atom stereocenters. The molecular formula is C24H21FN2O4. The molecule has 0 saturated heterocycles. The van der Waals surface area contributed by atoms with Crippen LogP contribution in [0.4, 0.5) is 15.8 Å². The van der Waals surface area contributed by atoms with Crippen molar-refractivity contribution in [3.8, 4) is 11.5 Å². The van der Waals surface area contributed by atoms with Crippen molar-refractivity contribution < 1.29 is 23.5 Å². The topological polar surface area (TPSA) is 67.9 Å². The zero-order valence-electron chi connectivity index (χ0n) is 16.7. The third kappa shape index (κ3) is 5.19. The first kappa shape index (κ1) is 20.4. The largest absolute Gasteiger partial charge is 0.492 e. The van der Waals surface area contributed by atoms with Crippen molar-refractivity contribution in [2.45, 2.75) is 6.42 Å². The second-order valence-corrected chi connectivity index (χ2v) is 7.03. The predicted octanol–water partition coefficient (Wildman–Crippen LogP) is 3.81. The number of nitrogens with zero attached hydrogens (tertiary/aromatic N) is 1. The van der Waals surface area contributed by atoms with Gasteiger partial charge in [-0.05, 0) is 42.0 Å². The van der Waals surface area contributed by atoms with E-state index in [2.05, 4.69) is 5.32 Å². The average Bonchev–Trinajstić information content (AvgIpc) is 2.77. The van der Waals surface area contributed by atoms with Crippen LogP contribution in [-0.4, -0.2) is 31.6 Å². The van der Waals surface area contributed by atoms with Gasteiger partial charge in [-0.2, -0.15) is 0 Å². The molecule has 0 aromatic heterocycles. The monoisotopic (exact) mass is 420 g/mol. The SMILES string of the molecule is O=C(Cc1ccc(F)cc1)Nc1ccc2c(c1)OCC(=O)N2CCOc1ccccc1. The van der Waals surface area contributed by atoms with Crippen molar-refractivity contribution in [1.29, 1.82) is 0 Å². The Morgan fingerprint density at radius 1 is 1.06 bits per heavy atom. The summed E-state index contributed by atoms with van der Waals surface area (Å²) in [7, 11) is 0. The van der Waals surface area contributed by atoms with Gasteiger partial charge in [-0.25, -0.2) is 4.39 Å². The number of hydrogen-bond acceptors (Lipinski definition) is 4. The lowest BCUT2D eigenvalue weighted by atomic mass is 10.1. The highest BCUT2D eigenvalue weighted by Gasteiger charge is 2.25. The average molecular weight is 420 g/mol. The lowest BCUT2D eigenvalue weighted by Gasteiger charge is -2.29. The molecule has 158 valence electrons. The van der Waals surface area contributed by atoms with Gasteiger partial charge >= 0.3 is 0 Å². The second-order valence-electron chi connectivity index (χ2n) is 7.03. The van der Waals surface area contributed by atoms with Crippen LogP contribution >= 0.6 is 0 Å². The molecule has 7 heteroatoms. The molecule has 3 aromatic rings. The van der Waals surface area contributed by atoms with Crippen LogP contribution in [0.15, 0.2) is 72.8 Å². The van der Waals surface area contributed by atoms with E-state index >= 15 is 0 Å². The minimum absolute atomic E-state index is 0.0781. The third-order valence-corrected chi connectivity index (χ3v) is 4.79. The number of anilines is 2. The molecule has 0 spiro atoms. The highest BCUT2D eigenvalue weighted by atomic mass is 19.1. The Morgan fingerprint density at radius 2 is 1.84 bits per heavy atom. The molecular weight excluding hydrogens is 399 g/mol. The van der Waals surface area contributed by atoms with Crippen LogP contribution in [0.25, 0.3) is 0 Å². The molecule has 0 aliphatic carbocycles. The summed E-state index contributed by atoms with van der Waals surface area (Å²) in [5.41, 5.74) is 1.90. The normalized spacial score (nSPS) is 12.7. The van der Waals surface area contributed by atoms with Crippen LogP contribution in [-0.2, 0) is 16.0 Å². The summed E-state index contributed by atoms with van der Waals surface area (Å²) in [6, 6.07) is 20.3. The van der Waals surface area contributed by atoms with E-state index in [4.69, 9.17) is 9.47 Å². The summed E-state index contributed by atoms with van der Waals surface area (Å²) >= 11 is 0. The minimum Gasteiger partial charge on any atom is -0.492 e. The molecule has 0 atom stereocenters. The van der Waals surface area contributed by atoms with E-state index < -0.39 is 0 Å². The number of halogens is 1. The summed E-state index contributed by atoms with van der Waals surface area (Å²) in [5.74, 6) is 0.523. The van der Waals surface area contributed by atoms with E-state index in [9.17, 15) is 14.0 Å². The second kappa shape index (κ2) is 9.30. The molecule has 1 aliphatic rings. The number of amides is 2. The van der Waals surface area contributed by atoms with Gasteiger partial charge in [-0.1, -0.05) is 30.3 Å². The van der Waals surface area contributed by atoms with Gasteiger partial charge in [0.05, 0.1) is 18.7 Å². The molecule has 0 radical (unpaired) electrons. The third-order valence-electron chi connectivity index (χ3n) is 4.79. The van der Waals surface area contributed by atoms with Crippen molar-refractivity contribution in [2.75, 3.05) is 30.0 Å². The lowest BCUT2D eigenvalue weighted by Crippen LogP contribution is -2.41. The number of carbonyl (C=O) groups is 2. The Kier molecular flexibility index (Phi) is 6.12. The fourth-order valence-electron chi connectivity index (χ4n) is 3.29. The van der Waals surface area contributed by atoms with Crippen LogP contribution < -0.4 is 19.7 Å². The van der Waals surface area contributed by atoms with Crippen molar-refractivity contribution in [3.05, 3.63) is 84.2 Å². The van der Waals surface area contributed by atoms with Crippen LogP contribution in [0.2, 0.25) is 0 Å². The van der Waals surface area contributed by atoms with Crippen molar-refractivity contribution in [2.24, 2.45) is 0 Å². The van der Waals surface area contributed by atoms with Gasteiger partial charge in [-0.15, -0.1) is 0 Å². The first-order valence-corrected chi connectivity index (χ1v) is 9.88. The number of nitrogens with one attached hydrogen (secondary N) is 1. The Labute approximate surface area is 179 Å². The number of hydrogen-bond donors (Lipinski definition) is 1. The highest BCUT2D eigenvalue weighted by molar-refractivity contribution is 5.99. The number of benzene rings is 3. The molecule has 31 heavy (non-hydrogen) atoms. The molecule has 3 aromatic carbocycles. The van der Waals surface area contributed by atoms with Crippen LogP contribution in [0.3, 0.4) is 0 Å². The maximum absolute atomic E-state index is 13.0. The smallest absolute Gasteiger partial charge is 0.265 e. The zero-order valence-corrected chi connectivity index (χ0v) is 16.7. The summed E-state index contributed by atoms with van der Waals surface area (Å²) in [4.78, 5) is 26.3. The quantitative estimate of drug-likeness (QED) is 0.631. The van der Waals surface area contributed by atoms with E-state index in [0.29, 0.717) is 35.8 Å². The zero-order chi connectivity index (χ0) is 21.6. The number of para-hydroxylation sites is 1. The number of fused-ring (bicyclic) bond motifs is 1. The number of ether oxygens (including phenoxy) is 2. The molecule has 1 aliphatic heterocycles. The predicted molar refractivity (Wildman–Crippen MR) is 115 cm³/mol. The first-order chi connectivity index (χ1) is 15.1. The van der Waals surface area contributed by atoms with Crippen LogP contribution in [0.5, 0.6) is 11.5 Å². The number of carbonyl (C=O) groups excluding carboxylic acids is 2. The van der Waals surface area contributed by atoms with Gasteiger partial charge in [0, 0.05) is 11.8 Å². The fraction of sp³-hybridized carbons (Fsp3) is 0.167. The van der Waals surface area contributed by atoms with Crippen LogP contribution in [0.1, 0.15) is 5.56 Å². The highest BCUT2D eigenvalue weighted by Crippen LogP contribution is 2.34. The van der Waals surface area contributed by atoms with E-state index in [-0.39, 0.29) is 30.7 Å². The van der Waals surface area contributed by atoms with Gasteiger partial charge in [0.25, 0.3) is 5.91 Å². The van der Waals surface area contributed by atoms with E-state index in [1.54, 1.807) is 35.2 Å². The van der Waals surface area contributed by atoms with Gasteiger partial charge in [-0.3, -0.25) is 9.59 Å². The maximum atomic E-state index is 13.0. The fourth-order valence-corrected chi connectivity index (χ4v) is 3.29.